The Bertz CT molecular complexity index is 751. The van der Waals surface area contributed by atoms with Crippen LogP contribution in [-0.2, 0) is 0 Å². The summed E-state index contributed by atoms with van der Waals surface area (Å²) in [6, 6.07) is 11.8. The molecule has 1 nitrogen and oxygen atoms in total. The lowest BCUT2D eigenvalue weighted by Crippen LogP contribution is -2.03. The van der Waals surface area contributed by atoms with Crippen molar-refractivity contribution in [3.63, 3.8) is 0 Å². The minimum Gasteiger partial charge on any atom is -0.432 e. The van der Waals surface area contributed by atoms with E-state index in [1.165, 1.54) is 37.3 Å². The van der Waals surface area contributed by atoms with E-state index < -0.39 is 18.2 Å². The Morgan fingerprint density at radius 1 is 0.917 bits per heavy atom. The average molecular weight is 330 g/mol. The normalized spacial score (nSPS) is 14.5. The van der Waals surface area contributed by atoms with E-state index in [1.807, 2.05) is 12.1 Å². The predicted molar refractivity (Wildman–Crippen MR) is 86.7 cm³/mol. The van der Waals surface area contributed by atoms with E-state index in [0.29, 0.717) is 11.5 Å². The third kappa shape index (κ3) is 4.11. The summed E-state index contributed by atoms with van der Waals surface area (Å²) in [5, 5.41) is 0. The van der Waals surface area contributed by atoms with Gasteiger partial charge < -0.3 is 4.74 Å². The van der Waals surface area contributed by atoms with E-state index in [-0.39, 0.29) is 0 Å². The molecule has 0 radical (unpaired) electrons. The quantitative estimate of drug-likeness (QED) is 0.677. The molecule has 0 N–H and O–H groups in total. The second kappa shape index (κ2) is 7.44. The molecule has 0 bridgehead atoms. The van der Waals surface area contributed by atoms with E-state index in [0.717, 1.165) is 17.7 Å². The molecule has 4 heteroatoms. The number of rotatable bonds is 3. The fourth-order valence-corrected chi connectivity index (χ4v) is 3.01. The van der Waals surface area contributed by atoms with E-state index in [2.05, 4.69) is 28.7 Å². The number of hydrogen-bond acceptors (Lipinski definition) is 1. The highest BCUT2D eigenvalue weighted by molar-refractivity contribution is 5.45. The smallest absolute Gasteiger partial charge is 0.387 e. The molecular weight excluding hydrogens is 313 g/mol. The Balaban J connectivity index is 1.71. The molecule has 2 aromatic carbocycles. The van der Waals surface area contributed by atoms with Crippen LogP contribution in [-0.4, -0.2) is 6.61 Å². The van der Waals surface area contributed by atoms with E-state index in [9.17, 15) is 13.2 Å². The Morgan fingerprint density at radius 3 is 2.17 bits per heavy atom. The third-order valence-corrected chi connectivity index (χ3v) is 4.24. The predicted octanol–water partition coefficient (Wildman–Crippen LogP) is 5.48. The van der Waals surface area contributed by atoms with Crippen LogP contribution in [0.3, 0.4) is 0 Å². The third-order valence-electron chi connectivity index (χ3n) is 4.24. The Hall–Kier alpha value is -2.41. The fourth-order valence-electron chi connectivity index (χ4n) is 3.01. The largest absolute Gasteiger partial charge is 0.432 e. The Morgan fingerprint density at radius 2 is 1.54 bits per heavy atom. The maximum Gasteiger partial charge on any atom is 0.387 e. The maximum absolute atomic E-state index is 13.6. The number of alkyl halides is 2. The first-order valence-corrected chi connectivity index (χ1v) is 7.98. The second-order valence-electron chi connectivity index (χ2n) is 5.88. The molecular formula is C20H17F3O. The van der Waals surface area contributed by atoms with Gasteiger partial charge in [-0.25, -0.2) is 4.39 Å². The molecule has 0 atom stereocenters. The molecule has 0 heterocycles. The molecule has 0 aromatic heterocycles. The maximum atomic E-state index is 13.6. The van der Waals surface area contributed by atoms with Gasteiger partial charge in [0.2, 0.25) is 0 Å². The monoisotopic (exact) mass is 330 g/mol. The van der Waals surface area contributed by atoms with Crippen LogP contribution in [0.5, 0.6) is 5.75 Å². The van der Waals surface area contributed by atoms with Gasteiger partial charge in [0.05, 0.1) is 0 Å². The zero-order chi connectivity index (χ0) is 16.9. The molecule has 0 saturated heterocycles. The van der Waals surface area contributed by atoms with Crippen LogP contribution in [0.2, 0.25) is 0 Å². The van der Waals surface area contributed by atoms with Gasteiger partial charge in [-0.05, 0) is 54.7 Å². The molecule has 2 aromatic rings. The van der Waals surface area contributed by atoms with Crippen LogP contribution >= 0.6 is 0 Å². The van der Waals surface area contributed by atoms with Gasteiger partial charge in [0.1, 0.15) is 0 Å². The van der Waals surface area contributed by atoms with Crippen molar-refractivity contribution in [2.75, 3.05) is 0 Å². The summed E-state index contributed by atoms with van der Waals surface area (Å²) in [4.78, 5) is 0. The highest BCUT2D eigenvalue weighted by Crippen LogP contribution is 2.33. The molecule has 3 rings (SSSR count). The molecule has 0 unspecified atom stereocenters. The number of benzene rings is 2. The highest BCUT2D eigenvalue weighted by atomic mass is 19.3. The van der Waals surface area contributed by atoms with Gasteiger partial charge in [-0.2, -0.15) is 8.78 Å². The van der Waals surface area contributed by atoms with Crippen LogP contribution in [0.15, 0.2) is 42.5 Å². The van der Waals surface area contributed by atoms with E-state index in [1.54, 1.807) is 0 Å². The SMILES string of the molecule is Fc1cc(C#Cc2ccc(C3CCCC3)cc2)ccc1OC(F)F. The standard InChI is InChI=1S/C20H17F3O/c21-18-13-15(9-12-19(18)24-20(22)23)6-5-14-7-10-17(11-8-14)16-3-1-2-4-16/h7-13,16,20H,1-4H2. The van der Waals surface area contributed by atoms with E-state index in [4.69, 9.17) is 0 Å². The van der Waals surface area contributed by atoms with Gasteiger partial charge in [-0.1, -0.05) is 36.8 Å². The second-order valence-corrected chi connectivity index (χ2v) is 5.88. The Labute approximate surface area is 139 Å². The summed E-state index contributed by atoms with van der Waals surface area (Å²) >= 11 is 0. The fraction of sp³-hybridized carbons (Fsp3) is 0.300. The lowest BCUT2D eigenvalue weighted by Gasteiger charge is -2.08. The van der Waals surface area contributed by atoms with Crippen molar-refractivity contribution in [3.8, 4) is 17.6 Å². The summed E-state index contributed by atoms with van der Waals surface area (Å²) in [6.45, 7) is -3.05. The van der Waals surface area contributed by atoms with Gasteiger partial charge in [-0.3, -0.25) is 0 Å². The minimum absolute atomic E-state index is 0.411. The van der Waals surface area contributed by atoms with Crippen LogP contribution in [0, 0.1) is 17.7 Å². The van der Waals surface area contributed by atoms with Crippen molar-refractivity contribution >= 4 is 0 Å². The molecule has 124 valence electrons. The van der Waals surface area contributed by atoms with Gasteiger partial charge in [0, 0.05) is 11.1 Å². The summed E-state index contributed by atoms with van der Waals surface area (Å²) in [6.07, 6.45) is 5.08. The highest BCUT2D eigenvalue weighted by Gasteiger charge is 2.16. The van der Waals surface area contributed by atoms with Crippen molar-refractivity contribution < 1.29 is 17.9 Å². The van der Waals surface area contributed by atoms with Crippen molar-refractivity contribution in [2.45, 2.75) is 38.2 Å². The lowest BCUT2D eigenvalue weighted by molar-refractivity contribution is -0.0521. The first-order chi connectivity index (χ1) is 11.6. The molecule has 0 spiro atoms. The summed E-state index contributed by atoms with van der Waals surface area (Å²) < 4.78 is 41.9. The summed E-state index contributed by atoms with van der Waals surface area (Å²) in [7, 11) is 0. The van der Waals surface area contributed by atoms with Gasteiger partial charge in [-0.15, -0.1) is 0 Å². The molecule has 0 aliphatic heterocycles. The molecule has 1 saturated carbocycles. The van der Waals surface area contributed by atoms with Crippen molar-refractivity contribution in [3.05, 3.63) is 65.0 Å². The Kier molecular flexibility index (Phi) is 5.10. The van der Waals surface area contributed by atoms with Crippen molar-refractivity contribution in [2.24, 2.45) is 0 Å². The van der Waals surface area contributed by atoms with E-state index >= 15 is 0 Å². The molecule has 1 aliphatic rings. The van der Waals surface area contributed by atoms with Crippen LogP contribution in [0.25, 0.3) is 0 Å². The average Bonchev–Trinajstić information content (AvgIpc) is 3.10. The first-order valence-electron chi connectivity index (χ1n) is 7.98. The molecule has 24 heavy (non-hydrogen) atoms. The van der Waals surface area contributed by atoms with Gasteiger partial charge in [0.25, 0.3) is 0 Å². The van der Waals surface area contributed by atoms with Crippen molar-refractivity contribution in [1.29, 1.82) is 0 Å². The summed E-state index contributed by atoms with van der Waals surface area (Å²) in [5.74, 6) is 5.13. The van der Waals surface area contributed by atoms with Gasteiger partial charge in [0.15, 0.2) is 11.6 Å². The number of hydrogen-bond donors (Lipinski definition) is 0. The topological polar surface area (TPSA) is 9.23 Å². The van der Waals surface area contributed by atoms with Crippen molar-refractivity contribution in [1.82, 2.24) is 0 Å². The zero-order valence-electron chi connectivity index (χ0n) is 13.1. The van der Waals surface area contributed by atoms with Crippen LogP contribution in [0.4, 0.5) is 13.2 Å². The lowest BCUT2D eigenvalue weighted by atomic mass is 9.97. The molecule has 1 aliphatic carbocycles. The zero-order valence-corrected chi connectivity index (χ0v) is 13.1. The summed E-state index contributed by atoms with van der Waals surface area (Å²) in [5.41, 5.74) is 2.59. The molecule has 1 fully saturated rings. The van der Waals surface area contributed by atoms with Crippen LogP contribution < -0.4 is 4.74 Å². The number of halogens is 3. The number of ether oxygens (including phenoxy) is 1. The minimum atomic E-state index is -3.05. The first kappa shape index (κ1) is 16.4. The molecule has 0 amide bonds. The van der Waals surface area contributed by atoms with Crippen LogP contribution in [0.1, 0.15) is 48.3 Å². The van der Waals surface area contributed by atoms with Gasteiger partial charge >= 0.3 is 6.61 Å².